The van der Waals surface area contributed by atoms with Gasteiger partial charge in [-0.1, -0.05) is 101 Å². The molecule has 3 rings (SSSR count). The number of anilines is 1. The van der Waals surface area contributed by atoms with Crippen LogP contribution in [0.2, 0.25) is 0 Å². The van der Waals surface area contributed by atoms with Gasteiger partial charge in [0.1, 0.15) is 0 Å². The third-order valence-corrected chi connectivity index (χ3v) is 7.70. The van der Waals surface area contributed by atoms with E-state index in [9.17, 15) is 9.18 Å². The summed E-state index contributed by atoms with van der Waals surface area (Å²) in [5.41, 5.74) is 2.00. The summed E-state index contributed by atoms with van der Waals surface area (Å²) in [6.45, 7) is 5.54. The van der Waals surface area contributed by atoms with Gasteiger partial charge in [-0.25, -0.2) is 4.39 Å². The Balaban J connectivity index is 0.00000533. The summed E-state index contributed by atoms with van der Waals surface area (Å²) in [5, 5.41) is 6.06. The van der Waals surface area contributed by atoms with Crippen molar-refractivity contribution in [2.45, 2.75) is 97.4 Å². The van der Waals surface area contributed by atoms with E-state index >= 15 is 0 Å². The molecule has 1 heterocycles. The quantitative estimate of drug-likeness (QED) is 0.143. The number of carbonyl (C=O) groups is 1. The minimum Gasteiger partial charge on any atom is -1.00 e. The zero-order valence-corrected chi connectivity index (χ0v) is 25.9. The van der Waals surface area contributed by atoms with Crippen molar-refractivity contribution >= 4 is 22.9 Å². The number of benzene rings is 2. The van der Waals surface area contributed by atoms with Gasteiger partial charge >= 0.3 is 0 Å². The fourth-order valence-electron chi connectivity index (χ4n) is 4.57. The highest BCUT2D eigenvalue weighted by Gasteiger charge is 2.13. The van der Waals surface area contributed by atoms with Crippen molar-refractivity contribution in [3.05, 3.63) is 76.0 Å². The molecule has 0 spiro atoms. The smallest absolute Gasteiger partial charge is 0.255 e. The lowest BCUT2D eigenvalue weighted by molar-refractivity contribution is -0.689. The first-order valence-corrected chi connectivity index (χ1v) is 15.2. The molecule has 3 aromatic rings. The maximum atomic E-state index is 14.6. The van der Waals surface area contributed by atoms with Crippen molar-refractivity contribution in [3.8, 4) is 5.75 Å². The van der Waals surface area contributed by atoms with Crippen LogP contribution in [0.15, 0.2) is 54.0 Å². The monoisotopic (exact) mass is 618 g/mol. The Morgan fingerprint density at radius 1 is 0.923 bits per heavy atom. The summed E-state index contributed by atoms with van der Waals surface area (Å²) < 4.78 is 22.4. The first kappa shape index (κ1) is 33.0. The van der Waals surface area contributed by atoms with Gasteiger partial charge in [0.25, 0.3) is 5.91 Å². The van der Waals surface area contributed by atoms with Crippen LogP contribution in [-0.4, -0.2) is 12.5 Å². The van der Waals surface area contributed by atoms with Crippen molar-refractivity contribution in [2.24, 2.45) is 0 Å². The molecule has 7 heteroatoms. The van der Waals surface area contributed by atoms with Crippen LogP contribution in [0.3, 0.4) is 0 Å². The van der Waals surface area contributed by atoms with Crippen LogP contribution in [0, 0.1) is 12.7 Å². The number of hydrogen-bond donors (Lipinski definition) is 1. The second kappa shape index (κ2) is 18.9. The van der Waals surface area contributed by atoms with Crippen molar-refractivity contribution in [3.63, 3.8) is 0 Å². The number of hydrogen-bond acceptors (Lipinski definition) is 3. The molecule has 0 aliphatic carbocycles. The van der Waals surface area contributed by atoms with Gasteiger partial charge in [-0.05, 0) is 30.7 Å². The number of carbonyl (C=O) groups excluding carboxylic acids is 1. The van der Waals surface area contributed by atoms with E-state index in [0.29, 0.717) is 24.4 Å². The van der Waals surface area contributed by atoms with Crippen LogP contribution < -0.4 is 31.6 Å². The van der Waals surface area contributed by atoms with E-state index in [1.807, 2.05) is 29.8 Å². The van der Waals surface area contributed by atoms with Gasteiger partial charge in [0.2, 0.25) is 5.01 Å². The Kier molecular flexibility index (Phi) is 16.0. The number of ether oxygens (including phenoxy) is 1. The molecule has 0 atom stereocenters. The molecule has 0 saturated carbocycles. The molecule has 4 nitrogen and oxygen atoms in total. The highest BCUT2D eigenvalue weighted by atomic mass is 79.9. The molecule has 214 valence electrons. The van der Waals surface area contributed by atoms with Crippen LogP contribution >= 0.6 is 11.3 Å². The molecule has 0 unspecified atom stereocenters. The largest absolute Gasteiger partial charge is 1.00 e. The lowest BCUT2D eigenvalue weighted by Gasteiger charge is -2.10. The molecule has 0 aliphatic rings. The minimum absolute atomic E-state index is 0. The lowest BCUT2D eigenvalue weighted by Crippen LogP contribution is -3.00. The fraction of sp³-hybridized carbons (Fsp3) is 0.500. The summed E-state index contributed by atoms with van der Waals surface area (Å²) >= 11 is 1.69. The number of aryl methyl sites for hydroxylation is 1. The number of aromatic nitrogens is 1. The fourth-order valence-corrected chi connectivity index (χ4v) is 5.24. The van der Waals surface area contributed by atoms with E-state index in [1.54, 1.807) is 29.5 Å². The maximum Gasteiger partial charge on any atom is 0.255 e. The van der Waals surface area contributed by atoms with Gasteiger partial charge in [-0.2, -0.15) is 4.57 Å². The highest BCUT2D eigenvalue weighted by Crippen LogP contribution is 2.22. The van der Waals surface area contributed by atoms with Gasteiger partial charge in [0.05, 0.1) is 12.0 Å². The topological polar surface area (TPSA) is 42.2 Å². The van der Waals surface area contributed by atoms with Gasteiger partial charge in [0.15, 0.2) is 24.3 Å². The number of halogens is 2. The van der Waals surface area contributed by atoms with E-state index < -0.39 is 5.82 Å². The number of amides is 1. The summed E-state index contributed by atoms with van der Waals surface area (Å²) in [7, 11) is 0. The van der Waals surface area contributed by atoms with E-state index in [1.165, 1.54) is 75.3 Å². The van der Waals surface area contributed by atoms with E-state index in [4.69, 9.17) is 4.74 Å². The molecule has 0 fully saturated rings. The lowest BCUT2D eigenvalue weighted by atomic mass is 10.1. The van der Waals surface area contributed by atoms with Gasteiger partial charge in [-0.15, -0.1) is 0 Å². The standard InChI is InChI=1S/C32H43FN2O2S.BrH/c1-3-4-5-6-7-8-9-10-11-12-13-14-21-37-31-19-18-29(24-30(31)33)34-32(36)28-17-15-16-27(23-28)25-35-20-22-38-26(35)2;/h15-20,22-24H,3-14,21,25H2,1-2H3;1H. The normalized spacial score (nSPS) is 10.7. The Labute approximate surface area is 248 Å². The molecule has 0 bridgehead atoms. The Hall–Kier alpha value is -2.25. The van der Waals surface area contributed by atoms with Gasteiger partial charge in [0, 0.05) is 29.8 Å². The molecule has 0 aliphatic heterocycles. The van der Waals surface area contributed by atoms with E-state index in [2.05, 4.69) is 23.7 Å². The number of nitrogens with zero attached hydrogens (tertiary/aromatic N) is 1. The molecule has 2 aromatic carbocycles. The average molecular weight is 620 g/mol. The Bertz CT molecular complexity index is 1120. The molecule has 1 amide bonds. The second-order valence-corrected chi connectivity index (χ2v) is 11.2. The molecular weight excluding hydrogens is 575 g/mol. The zero-order valence-electron chi connectivity index (χ0n) is 23.5. The van der Waals surface area contributed by atoms with Crippen molar-refractivity contribution in [2.75, 3.05) is 11.9 Å². The molecule has 1 aromatic heterocycles. The average Bonchev–Trinajstić information content (AvgIpc) is 3.32. The SMILES string of the molecule is CCCCCCCCCCCCCCOc1ccc(NC(=O)c2cccc(C[n+]3ccsc3C)c2)cc1F.[Br-]. The summed E-state index contributed by atoms with van der Waals surface area (Å²) in [6.07, 6.45) is 17.4. The molecule has 0 radical (unpaired) electrons. The van der Waals surface area contributed by atoms with Crippen molar-refractivity contribution in [1.29, 1.82) is 0 Å². The van der Waals surface area contributed by atoms with Gasteiger partial charge in [-0.3, -0.25) is 4.79 Å². The molecule has 0 saturated heterocycles. The van der Waals surface area contributed by atoms with E-state index in [0.717, 1.165) is 18.4 Å². The van der Waals surface area contributed by atoms with Crippen LogP contribution in [0.25, 0.3) is 0 Å². The van der Waals surface area contributed by atoms with Crippen molar-refractivity contribution in [1.82, 2.24) is 0 Å². The highest BCUT2D eigenvalue weighted by molar-refractivity contribution is 7.09. The van der Waals surface area contributed by atoms with Crippen molar-refractivity contribution < 1.29 is 35.5 Å². The maximum absolute atomic E-state index is 14.6. The third kappa shape index (κ3) is 12.2. The molecule has 1 N–H and O–H groups in total. The van der Waals surface area contributed by atoms with Crippen LogP contribution in [0.5, 0.6) is 5.75 Å². The van der Waals surface area contributed by atoms with Crippen LogP contribution in [0.4, 0.5) is 10.1 Å². The number of thiazole rings is 1. The minimum atomic E-state index is -0.458. The first-order chi connectivity index (χ1) is 18.6. The van der Waals surface area contributed by atoms with E-state index in [-0.39, 0.29) is 28.6 Å². The number of nitrogens with one attached hydrogen (secondary N) is 1. The molecule has 39 heavy (non-hydrogen) atoms. The Morgan fingerprint density at radius 2 is 1.59 bits per heavy atom. The zero-order chi connectivity index (χ0) is 27.0. The predicted molar refractivity (Wildman–Crippen MR) is 156 cm³/mol. The van der Waals surface area contributed by atoms with Gasteiger partial charge < -0.3 is 27.0 Å². The number of rotatable bonds is 18. The Morgan fingerprint density at radius 3 is 2.21 bits per heavy atom. The third-order valence-electron chi connectivity index (χ3n) is 6.87. The first-order valence-electron chi connectivity index (χ1n) is 14.3. The summed E-state index contributed by atoms with van der Waals surface area (Å²) in [4.78, 5) is 12.8. The second-order valence-electron chi connectivity index (χ2n) is 10.1. The predicted octanol–water partition coefficient (Wildman–Crippen LogP) is 5.87. The molecular formula is C32H44BrFN2O2S. The summed E-state index contributed by atoms with van der Waals surface area (Å²) in [6, 6.07) is 12.1. The van der Waals surface area contributed by atoms with Crippen LogP contribution in [-0.2, 0) is 6.54 Å². The summed E-state index contributed by atoms with van der Waals surface area (Å²) in [5.74, 6) is -0.487. The number of unbranched alkanes of at least 4 members (excludes halogenated alkanes) is 11. The van der Waals surface area contributed by atoms with Crippen LogP contribution in [0.1, 0.15) is 105 Å².